The van der Waals surface area contributed by atoms with E-state index in [0.29, 0.717) is 12.3 Å². The molecule has 2 heterocycles. The highest BCUT2D eigenvalue weighted by Crippen LogP contribution is 2.30. The Morgan fingerprint density at radius 2 is 2.35 bits per heavy atom. The molecule has 0 saturated carbocycles. The zero-order valence-electron chi connectivity index (χ0n) is 11.4. The molecule has 8 heteroatoms. The van der Waals surface area contributed by atoms with E-state index in [2.05, 4.69) is 15.8 Å². The molecule has 1 fully saturated rings. The van der Waals surface area contributed by atoms with Gasteiger partial charge in [0.05, 0.1) is 5.60 Å². The van der Waals surface area contributed by atoms with Crippen molar-refractivity contribution in [3.63, 3.8) is 0 Å². The van der Waals surface area contributed by atoms with Gasteiger partial charge in [-0.15, -0.1) is 0 Å². The first-order valence-corrected chi connectivity index (χ1v) is 7.35. The maximum absolute atomic E-state index is 11.7. The number of hydrogen-bond acceptors (Lipinski definition) is 6. The molecule has 1 aliphatic heterocycles. The maximum atomic E-state index is 11.7. The molecule has 1 aromatic heterocycles. The Kier molecular flexibility index (Phi) is 4.66. The fraction of sp³-hybridized carbons (Fsp3) is 0.583. The van der Waals surface area contributed by atoms with E-state index >= 15 is 0 Å². The van der Waals surface area contributed by atoms with Gasteiger partial charge in [-0.25, -0.2) is 0 Å². The third kappa shape index (κ3) is 3.51. The maximum Gasteiger partial charge on any atom is 0.314 e. The molecule has 2 N–H and O–H groups in total. The summed E-state index contributed by atoms with van der Waals surface area (Å²) in [6.45, 7) is 2.02. The summed E-state index contributed by atoms with van der Waals surface area (Å²) in [4.78, 5) is 23.4. The zero-order valence-corrected chi connectivity index (χ0v) is 12.2. The molecular weight excluding hydrogens is 282 g/mol. The molecule has 0 aliphatic carbocycles. The van der Waals surface area contributed by atoms with E-state index in [1.807, 2.05) is 0 Å². The van der Waals surface area contributed by atoms with E-state index in [9.17, 15) is 9.59 Å². The van der Waals surface area contributed by atoms with Gasteiger partial charge in [-0.05, 0) is 19.1 Å². The summed E-state index contributed by atoms with van der Waals surface area (Å²) in [6, 6.07) is 1.54. The SMILES string of the molecule is COC1(CNC(=O)C(=O)Nc2cc(C)on2)CCSC1. The van der Waals surface area contributed by atoms with Crippen molar-refractivity contribution in [2.75, 3.05) is 30.5 Å². The molecule has 0 aromatic carbocycles. The van der Waals surface area contributed by atoms with Crippen molar-refractivity contribution in [1.82, 2.24) is 10.5 Å². The minimum atomic E-state index is -0.768. The first-order valence-electron chi connectivity index (χ1n) is 6.20. The quantitative estimate of drug-likeness (QED) is 0.789. The van der Waals surface area contributed by atoms with Gasteiger partial charge in [-0.3, -0.25) is 14.9 Å². The first-order chi connectivity index (χ1) is 9.54. The summed E-state index contributed by atoms with van der Waals surface area (Å²) >= 11 is 1.77. The minimum Gasteiger partial charge on any atom is -0.376 e. The van der Waals surface area contributed by atoms with Gasteiger partial charge < -0.3 is 14.6 Å². The summed E-state index contributed by atoms with van der Waals surface area (Å²) < 4.78 is 10.3. The lowest BCUT2D eigenvalue weighted by Crippen LogP contribution is -2.47. The number of ether oxygens (including phenoxy) is 1. The van der Waals surface area contributed by atoms with Crippen molar-refractivity contribution in [3.8, 4) is 0 Å². The van der Waals surface area contributed by atoms with E-state index in [4.69, 9.17) is 9.26 Å². The minimum absolute atomic E-state index is 0.223. The number of thioether (sulfide) groups is 1. The monoisotopic (exact) mass is 299 g/mol. The average molecular weight is 299 g/mol. The third-order valence-corrected chi connectivity index (χ3v) is 4.37. The predicted octanol–water partition coefficient (Wildman–Crippen LogP) is 0.560. The van der Waals surface area contributed by atoms with E-state index in [1.54, 1.807) is 25.8 Å². The second kappa shape index (κ2) is 6.27. The van der Waals surface area contributed by atoms with Gasteiger partial charge in [0.15, 0.2) is 5.82 Å². The second-order valence-electron chi connectivity index (χ2n) is 4.65. The molecule has 0 bridgehead atoms. The normalized spacial score (nSPS) is 21.7. The van der Waals surface area contributed by atoms with Gasteiger partial charge >= 0.3 is 11.8 Å². The number of aryl methyl sites for hydroxylation is 1. The number of nitrogens with zero attached hydrogens (tertiary/aromatic N) is 1. The fourth-order valence-electron chi connectivity index (χ4n) is 1.88. The van der Waals surface area contributed by atoms with E-state index in [1.165, 1.54) is 6.07 Å². The van der Waals surface area contributed by atoms with Gasteiger partial charge in [-0.1, -0.05) is 5.16 Å². The highest BCUT2D eigenvalue weighted by molar-refractivity contribution is 7.99. The Morgan fingerprint density at radius 3 is 2.90 bits per heavy atom. The van der Waals surface area contributed by atoms with Crippen molar-refractivity contribution in [1.29, 1.82) is 0 Å². The average Bonchev–Trinajstić information content (AvgIpc) is 3.06. The lowest BCUT2D eigenvalue weighted by atomic mass is 10.0. The molecule has 2 rings (SSSR count). The number of carbonyl (C=O) groups excluding carboxylic acids is 2. The number of anilines is 1. The van der Waals surface area contributed by atoms with E-state index < -0.39 is 11.8 Å². The summed E-state index contributed by atoms with van der Waals surface area (Å²) in [7, 11) is 1.62. The molecule has 20 heavy (non-hydrogen) atoms. The Hall–Kier alpha value is -1.54. The first kappa shape index (κ1) is 14.9. The summed E-state index contributed by atoms with van der Waals surface area (Å²) in [5.41, 5.74) is -0.370. The number of nitrogens with one attached hydrogen (secondary N) is 2. The molecular formula is C12H17N3O4S. The Bertz CT molecular complexity index is 497. The standard InChI is InChI=1S/C12H17N3O4S/c1-8-5-9(15-19-8)14-11(17)10(16)13-6-12(18-2)3-4-20-7-12/h5H,3-4,6-7H2,1-2H3,(H,13,16)(H,14,15,17). The number of hydrogen-bond donors (Lipinski definition) is 2. The van der Waals surface area contributed by atoms with Gasteiger partial charge in [-0.2, -0.15) is 11.8 Å². The van der Waals surface area contributed by atoms with E-state index in [0.717, 1.165) is 17.9 Å². The van der Waals surface area contributed by atoms with Crippen LogP contribution < -0.4 is 10.6 Å². The second-order valence-corrected chi connectivity index (χ2v) is 5.75. The lowest BCUT2D eigenvalue weighted by Gasteiger charge is -2.26. The van der Waals surface area contributed by atoms with Gasteiger partial charge in [0.25, 0.3) is 0 Å². The highest BCUT2D eigenvalue weighted by atomic mass is 32.2. The number of rotatable bonds is 4. The van der Waals surface area contributed by atoms with Crippen LogP contribution in [0.15, 0.2) is 10.6 Å². The Labute approximate surface area is 120 Å². The molecule has 0 radical (unpaired) electrons. The largest absolute Gasteiger partial charge is 0.376 e. The molecule has 1 aliphatic rings. The Balaban J connectivity index is 1.83. The van der Waals surface area contributed by atoms with Crippen LogP contribution in [0.4, 0.5) is 5.82 Å². The zero-order chi connectivity index (χ0) is 14.6. The number of methoxy groups -OCH3 is 1. The summed E-state index contributed by atoms with van der Waals surface area (Å²) in [5.74, 6) is 1.11. The van der Waals surface area contributed by atoms with Crippen LogP contribution in [-0.4, -0.2) is 47.7 Å². The van der Waals surface area contributed by atoms with Crippen molar-refractivity contribution in [2.45, 2.75) is 18.9 Å². The number of amides is 2. The molecule has 1 unspecified atom stereocenters. The smallest absolute Gasteiger partial charge is 0.314 e. The van der Waals surface area contributed by atoms with Crippen molar-refractivity contribution in [2.24, 2.45) is 0 Å². The summed E-state index contributed by atoms with van der Waals surface area (Å²) in [5, 5.41) is 8.55. The van der Waals surface area contributed by atoms with Crippen LogP contribution in [0.1, 0.15) is 12.2 Å². The molecule has 1 saturated heterocycles. The van der Waals surface area contributed by atoms with Gasteiger partial charge in [0.2, 0.25) is 0 Å². The molecule has 2 amide bonds. The summed E-state index contributed by atoms with van der Waals surface area (Å²) in [6.07, 6.45) is 0.860. The molecule has 110 valence electrons. The van der Waals surface area contributed by atoms with Crippen LogP contribution in [0.3, 0.4) is 0 Å². The number of carbonyl (C=O) groups is 2. The van der Waals surface area contributed by atoms with Crippen LogP contribution in [0.25, 0.3) is 0 Å². The van der Waals surface area contributed by atoms with Gasteiger partial charge in [0, 0.05) is 25.5 Å². The molecule has 7 nitrogen and oxygen atoms in total. The third-order valence-electron chi connectivity index (χ3n) is 3.15. The van der Waals surface area contributed by atoms with E-state index in [-0.39, 0.29) is 11.4 Å². The predicted molar refractivity (Wildman–Crippen MR) is 74.6 cm³/mol. The highest BCUT2D eigenvalue weighted by Gasteiger charge is 2.35. The molecule has 0 spiro atoms. The number of aromatic nitrogens is 1. The van der Waals surface area contributed by atoms with Crippen molar-refractivity contribution >= 4 is 29.4 Å². The van der Waals surface area contributed by atoms with Crippen LogP contribution >= 0.6 is 11.8 Å². The molecule has 1 atom stereocenters. The Morgan fingerprint density at radius 1 is 1.55 bits per heavy atom. The van der Waals surface area contributed by atoms with Crippen molar-refractivity contribution < 1.29 is 18.8 Å². The van der Waals surface area contributed by atoms with Crippen LogP contribution in [0, 0.1) is 6.92 Å². The fourth-order valence-corrected chi connectivity index (χ4v) is 3.28. The van der Waals surface area contributed by atoms with Gasteiger partial charge in [0.1, 0.15) is 5.76 Å². The topological polar surface area (TPSA) is 93.5 Å². The lowest BCUT2D eigenvalue weighted by molar-refractivity contribution is -0.136. The molecule has 1 aromatic rings. The van der Waals surface area contributed by atoms with Crippen LogP contribution in [0.2, 0.25) is 0 Å². The van der Waals surface area contributed by atoms with Crippen LogP contribution in [-0.2, 0) is 14.3 Å². The van der Waals surface area contributed by atoms with Crippen molar-refractivity contribution in [3.05, 3.63) is 11.8 Å². The van der Waals surface area contributed by atoms with Crippen LogP contribution in [0.5, 0.6) is 0 Å².